The van der Waals surface area contributed by atoms with Crippen molar-refractivity contribution in [1.82, 2.24) is 0 Å². The zero-order valence-electron chi connectivity index (χ0n) is 11.1. The molecule has 0 unspecified atom stereocenters. The quantitative estimate of drug-likeness (QED) is 0.562. The van der Waals surface area contributed by atoms with E-state index in [1.807, 2.05) is 0 Å². The summed E-state index contributed by atoms with van der Waals surface area (Å²) in [7, 11) is 0. The number of anilines is 2. The number of hydrogen-bond donors (Lipinski definition) is 3. The van der Waals surface area contributed by atoms with Crippen LogP contribution < -0.4 is 15.4 Å². The molecule has 2 rings (SSSR count). The molecule has 1 amide bonds. The smallest absolute Gasteiger partial charge is 0.296 e. The molecule has 0 radical (unpaired) electrons. The molecule has 8 heteroatoms. The lowest BCUT2D eigenvalue weighted by molar-refractivity contribution is -0.384. The summed E-state index contributed by atoms with van der Waals surface area (Å²) in [5, 5.41) is 25.8. The van der Waals surface area contributed by atoms with Crippen LogP contribution in [0.5, 0.6) is 5.75 Å². The number of carbonyl (C=O) groups is 1. The zero-order valence-corrected chi connectivity index (χ0v) is 11.1. The molecule has 8 nitrogen and oxygen atoms in total. The molecule has 0 aromatic heterocycles. The van der Waals surface area contributed by atoms with Crippen molar-refractivity contribution in [2.75, 3.05) is 23.8 Å². The summed E-state index contributed by atoms with van der Waals surface area (Å²) in [4.78, 5) is 21.8. The van der Waals surface area contributed by atoms with Crippen LogP contribution in [0.4, 0.5) is 17.1 Å². The summed E-state index contributed by atoms with van der Waals surface area (Å²) in [6, 6.07) is 2.69. The van der Waals surface area contributed by atoms with Crippen LogP contribution in [0.25, 0.3) is 0 Å². The van der Waals surface area contributed by atoms with Gasteiger partial charge in [0.05, 0.1) is 28.8 Å². The number of aliphatic hydroxyl groups is 1. The van der Waals surface area contributed by atoms with Gasteiger partial charge < -0.3 is 20.5 Å². The van der Waals surface area contributed by atoms with Crippen molar-refractivity contribution < 1.29 is 19.6 Å². The van der Waals surface area contributed by atoms with E-state index in [4.69, 9.17) is 4.74 Å². The highest BCUT2D eigenvalue weighted by atomic mass is 16.6. The van der Waals surface area contributed by atoms with Gasteiger partial charge in [-0.3, -0.25) is 14.9 Å². The van der Waals surface area contributed by atoms with Gasteiger partial charge in [-0.15, -0.1) is 0 Å². The summed E-state index contributed by atoms with van der Waals surface area (Å²) in [6.45, 7) is 3.03. The van der Waals surface area contributed by atoms with Gasteiger partial charge in [0.25, 0.3) is 11.6 Å². The number of amides is 1. The average Bonchev–Trinajstić information content (AvgIpc) is 2.37. The number of aliphatic hydroxyl groups excluding tert-OH is 1. The van der Waals surface area contributed by atoms with Gasteiger partial charge in [-0.2, -0.15) is 0 Å². The predicted molar refractivity (Wildman–Crippen MR) is 72.0 cm³/mol. The van der Waals surface area contributed by atoms with Crippen molar-refractivity contribution in [3.63, 3.8) is 0 Å². The Bertz CT molecular complexity index is 570. The Morgan fingerprint density at radius 1 is 1.55 bits per heavy atom. The maximum absolute atomic E-state index is 11.3. The number of carbonyl (C=O) groups excluding carboxylic acids is 1. The molecule has 0 saturated carbocycles. The maximum atomic E-state index is 11.3. The molecule has 0 atom stereocenters. The normalized spacial score (nSPS) is 14.1. The Kier molecular flexibility index (Phi) is 3.49. The van der Waals surface area contributed by atoms with Crippen LogP contribution >= 0.6 is 0 Å². The summed E-state index contributed by atoms with van der Waals surface area (Å²) in [5.41, 5.74) is -0.346. The largest absolute Gasteiger partial charge is 0.481 e. The number of nitrogens with one attached hydrogen (secondary N) is 2. The van der Waals surface area contributed by atoms with E-state index >= 15 is 0 Å². The molecule has 20 heavy (non-hydrogen) atoms. The van der Waals surface area contributed by atoms with Crippen molar-refractivity contribution in [2.45, 2.75) is 19.4 Å². The summed E-state index contributed by atoms with van der Waals surface area (Å²) in [6.07, 6.45) is 0. The fourth-order valence-corrected chi connectivity index (χ4v) is 1.77. The highest BCUT2D eigenvalue weighted by Crippen LogP contribution is 2.38. The minimum Gasteiger partial charge on any atom is -0.481 e. The topological polar surface area (TPSA) is 114 Å². The Labute approximate surface area is 114 Å². The number of hydrogen-bond acceptors (Lipinski definition) is 6. The van der Waals surface area contributed by atoms with E-state index in [-0.39, 0.29) is 36.2 Å². The van der Waals surface area contributed by atoms with E-state index in [2.05, 4.69) is 10.6 Å². The highest BCUT2D eigenvalue weighted by Gasteiger charge is 2.26. The van der Waals surface area contributed by atoms with Crippen molar-refractivity contribution in [2.24, 2.45) is 0 Å². The molecular weight excluding hydrogens is 266 g/mol. The van der Waals surface area contributed by atoms with Crippen molar-refractivity contribution in [1.29, 1.82) is 0 Å². The number of nitro benzene ring substituents is 1. The van der Waals surface area contributed by atoms with Crippen molar-refractivity contribution >= 4 is 23.0 Å². The van der Waals surface area contributed by atoms with E-state index in [0.29, 0.717) is 5.69 Å². The number of nitro groups is 1. The second-order valence-corrected chi connectivity index (χ2v) is 5.13. The SMILES string of the molecule is CC(C)(CO)Nc1cc2c(cc1[N+](=O)[O-])OCC(=O)N2. The molecule has 0 bridgehead atoms. The average molecular weight is 281 g/mol. The second kappa shape index (κ2) is 4.97. The molecule has 1 aliphatic rings. The molecule has 0 spiro atoms. The van der Waals surface area contributed by atoms with Gasteiger partial charge in [0.15, 0.2) is 12.4 Å². The predicted octanol–water partition coefficient (Wildman–Crippen LogP) is 1.11. The van der Waals surface area contributed by atoms with Gasteiger partial charge in [-0.1, -0.05) is 0 Å². The van der Waals surface area contributed by atoms with Gasteiger partial charge in [-0.05, 0) is 19.9 Å². The van der Waals surface area contributed by atoms with E-state index in [9.17, 15) is 20.0 Å². The Balaban J connectivity index is 2.46. The van der Waals surface area contributed by atoms with Crippen molar-refractivity contribution in [3.05, 3.63) is 22.2 Å². The number of fused-ring (bicyclic) bond motifs is 1. The third-order valence-electron chi connectivity index (χ3n) is 2.80. The van der Waals surface area contributed by atoms with Crippen LogP contribution in [0, 0.1) is 10.1 Å². The maximum Gasteiger partial charge on any atom is 0.296 e. The summed E-state index contributed by atoms with van der Waals surface area (Å²) >= 11 is 0. The number of nitrogens with zero attached hydrogens (tertiary/aromatic N) is 1. The first-order chi connectivity index (χ1) is 9.32. The van der Waals surface area contributed by atoms with Crippen LogP contribution in [-0.4, -0.2) is 34.7 Å². The lowest BCUT2D eigenvalue weighted by Crippen LogP contribution is -2.35. The molecule has 0 fully saturated rings. The lowest BCUT2D eigenvalue weighted by Gasteiger charge is -2.26. The minimum absolute atomic E-state index is 0.168. The van der Waals surface area contributed by atoms with Crippen LogP contribution in [0.15, 0.2) is 12.1 Å². The first-order valence-corrected chi connectivity index (χ1v) is 5.96. The molecular formula is C12H15N3O5. The third kappa shape index (κ3) is 2.80. The van der Waals surface area contributed by atoms with Gasteiger partial charge in [0, 0.05) is 0 Å². The van der Waals surface area contributed by atoms with Crippen molar-refractivity contribution in [3.8, 4) is 5.75 Å². The molecule has 0 saturated heterocycles. The first kappa shape index (κ1) is 14.1. The molecule has 1 aromatic rings. The van der Waals surface area contributed by atoms with E-state index in [1.54, 1.807) is 13.8 Å². The molecule has 108 valence electrons. The fraction of sp³-hybridized carbons (Fsp3) is 0.417. The summed E-state index contributed by atoms with van der Waals surface area (Å²) in [5.74, 6) is -0.0672. The molecule has 0 aliphatic carbocycles. The van der Waals surface area contributed by atoms with Crippen LogP contribution in [-0.2, 0) is 4.79 Å². The number of benzene rings is 1. The number of ether oxygens (including phenoxy) is 1. The standard InChI is InChI=1S/C12H15N3O5/c1-12(2,6-16)14-7-3-8-10(4-9(7)15(18)19)20-5-11(17)13-8/h3-4,14,16H,5-6H2,1-2H3,(H,13,17). The van der Waals surface area contributed by atoms with Gasteiger partial charge in [-0.25, -0.2) is 0 Å². The highest BCUT2D eigenvalue weighted by molar-refractivity contribution is 5.96. The zero-order chi connectivity index (χ0) is 14.9. The summed E-state index contributed by atoms with van der Waals surface area (Å²) < 4.78 is 5.14. The molecule has 3 N–H and O–H groups in total. The Morgan fingerprint density at radius 2 is 2.25 bits per heavy atom. The Morgan fingerprint density at radius 3 is 2.85 bits per heavy atom. The van der Waals surface area contributed by atoms with Gasteiger partial charge in [0.1, 0.15) is 5.69 Å². The number of rotatable bonds is 4. The monoisotopic (exact) mass is 281 g/mol. The minimum atomic E-state index is -0.738. The van der Waals surface area contributed by atoms with Crippen LogP contribution in [0.1, 0.15) is 13.8 Å². The van der Waals surface area contributed by atoms with E-state index < -0.39 is 10.5 Å². The van der Waals surface area contributed by atoms with E-state index in [0.717, 1.165) is 0 Å². The molecule has 1 aliphatic heterocycles. The van der Waals surface area contributed by atoms with Crippen LogP contribution in [0.2, 0.25) is 0 Å². The van der Waals surface area contributed by atoms with Gasteiger partial charge in [0.2, 0.25) is 0 Å². The van der Waals surface area contributed by atoms with Gasteiger partial charge >= 0.3 is 0 Å². The third-order valence-corrected chi connectivity index (χ3v) is 2.80. The fourth-order valence-electron chi connectivity index (χ4n) is 1.77. The van der Waals surface area contributed by atoms with Crippen LogP contribution in [0.3, 0.4) is 0 Å². The molecule has 1 heterocycles. The van der Waals surface area contributed by atoms with E-state index in [1.165, 1.54) is 12.1 Å². The first-order valence-electron chi connectivity index (χ1n) is 5.96. The second-order valence-electron chi connectivity index (χ2n) is 5.13. The lowest BCUT2D eigenvalue weighted by atomic mass is 10.1. The Hall–Kier alpha value is -2.35. The molecule has 1 aromatic carbocycles.